The molecular formula is C13H28N+. The van der Waals surface area contributed by atoms with Crippen LogP contribution < -0.4 is 0 Å². The van der Waals surface area contributed by atoms with Gasteiger partial charge in [0.1, 0.15) is 0 Å². The van der Waals surface area contributed by atoms with Crippen LogP contribution in [0, 0.1) is 0 Å². The first-order valence-electron chi connectivity index (χ1n) is 6.46. The molecule has 0 unspecified atom stereocenters. The van der Waals surface area contributed by atoms with E-state index in [9.17, 15) is 0 Å². The zero-order valence-electron chi connectivity index (χ0n) is 10.6. The standard InChI is InChI=1S/C13H28N/c1-12(2)14(13(3)4)10-8-6-5-7-9-11-14/h12-13H,5-11H2,1-4H3/q+1. The smallest absolute Gasteiger partial charge is 0.0835 e. The Balaban J connectivity index is 2.71. The second kappa shape index (κ2) is 5.16. The SMILES string of the molecule is CC(C)[N+]1(C(C)C)CCCCCCC1. The zero-order valence-corrected chi connectivity index (χ0v) is 10.6. The fourth-order valence-corrected chi connectivity index (χ4v) is 3.08. The number of rotatable bonds is 2. The third-order valence-electron chi connectivity index (χ3n) is 4.21. The minimum atomic E-state index is 0.799. The predicted octanol–water partition coefficient (Wildman–Crippen LogP) is 3.58. The molecule has 0 aromatic rings. The fourth-order valence-electron chi connectivity index (χ4n) is 3.08. The van der Waals surface area contributed by atoms with Gasteiger partial charge in [-0.05, 0) is 53.4 Å². The van der Waals surface area contributed by atoms with Crippen molar-refractivity contribution in [1.82, 2.24) is 0 Å². The van der Waals surface area contributed by atoms with Gasteiger partial charge in [-0.15, -0.1) is 0 Å². The third-order valence-corrected chi connectivity index (χ3v) is 4.21. The molecule has 14 heavy (non-hydrogen) atoms. The zero-order chi connectivity index (χ0) is 10.6. The molecule has 0 aromatic heterocycles. The van der Waals surface area contributed by atoms with Crippen molar-refractivity contribution in [2.75, 3.05) is 13.1 Å². The van der Waals surface area contributed by atoms with E-state index in [1.54, 1.807) is 0 Å². The summed E-state index contributed by atoms with van der Waals surface area (Å²) in [6.45, 7) is 12.4. The van der Waals surface area contributed by atoms with Crippen molar-refractivity contribution >= 4 is 0 Å². The maximum absolute atomic E-state index is 2.40. The molecule has 0 aromatic carbocycles. The maximum atomic E-state index is 2.40. The number of quaternary nitrogens is 1. The van der Waals surface area contributed by atoms with E-state index >= 15 is 0 Å². The van der Waals surface area contributed by atoms with Gasteiger partial charge in [-0.2, -0.15) is 0 Å². The van der Waals surface area contributed by atoms with Crippen molar-refractivity contribution in [2.45, 2.75) is 71.9 Å². The Labute approximate surface area is 90.1 Å². The molecule has 1 fully saturated rings. The second-order valence-electron chi connectivity index (χ2n) is 5.51. The molecule has 1 saturated heterocycles. The van der Waals surface area contributed by atoms with E-state index in [1.165, 1.54) is 49.7 Å². The van der Waals surface area contributed by atoms with Crippen LogP contribution in [0.2, 0.25) is 0 Å². The van der Waals surface area contributed by atoms with E-state index < -0.39 is 0 Å². The van der Waals surface area contributed by atoms with Crippen LogP contribution in [0.4, 0.5) is 0 Å². The van der Waals surface area contributed by atoms with E-state index in [2.05, 4.69) is 27.7 Å². The van der Waals surface area contributed by atoms with Gasteiger partial charge in [-0.25, -0.2) is 0 Å². The topological polar surface area (TPSA) is 0 Å². The Morgan fingerprint density at radius 1 is 0.643 bits per heavy atom. The number of hydrogen-bond acceptors (Lipinski definition) is 0. The summed E-state index contributed by atoms with van der Waals surface area (Å²) in [7, 11) is 0. The minimum Gasteiger partial charge on any atom is -0.320 e. The number of hydrogen-bond donors (Lipinski definition) is 0. The molecule has 1 aliphatic rings. The van der Waals surface area contributed by atoms with E-state index in [0.29, 0.717) is 0 Å². The molecule has 84 valence electrons. The quantitative estimate of drug-likeness (QED) is 0.595. The molecule has 0 N–H and O–H groups in total. The molecule has 0 bridgehead atoms. The van der Waals surface area contributed by atoms with Crippen LogP contribution in [0.25, 0.3) is 0 Å². The maximum Gasteiger partial charge on any atom is 0.0835 e. The third kappa shape index (κ3) is 2.50. The van der Waals surface area contributed by atoms with Crippen molar-refractivity contribution < 1.29 is 4.48 Å². The van der Waals surface area contributed by atoms with Crippen molar-refractivity contribution in [3.8, 4) is 0 Å². The van der Waals surface area contributed by atoms with Gasteiger partial charge in [0.15, 0.2) is 0 Å². The van der Waals surface area contributed by atoms with Crippen molar-refractivity contribution in [1.29, 1.82) is 0 Å². The Morgan fingerprint density at radius 3 is 1.36 bits per heavy atom. The molecule has 1 heteroatoms. The molecule has 0 radical (unpaired) electrons. The average molecular weight is 198 g/mol. The monoisotopic (exact) mass is 198 g/mol. The summed E-state index contributed by atoms with van der Waals surface area (Å²) in [4.78, 5) is 0. The summed E-state index contributed by atoms with van der Waals surface area (Å²) in [6.07, 6.45) is 7.27. The molecule has 0 aliphatic carbocycles. The molecule has 1 rings (SSSR count). The predicted molar refractivity (Wildman–Crippen MR) is 63.4 cm³/mol. The van der Waals surface area contributed by atoms with E-state index in [-0.39, 0.29) is 0 Å². The summed E-state index contributed by atoms with van der Waals surface area (Å²) < 4.78 is 1.36. The molecular weight excluding hydrogens is 170 g/mol. The first-order valence-corrected chi connectivity index (χ1v) is 6.46. The van der Waals surface area contributed by atoms with Crippen molar-refractivity contribution in [3.05, 3.63) is 0 Å². The fraction of sp³-hybridized carbons (Fsp3) is 1.00. The highest BCUT2D eigenvalue weighted by molar-refractivity contribution is 4.59. The summed E-state index contributed by atoms with van der Waals surface area (Å²) in [5.41, 5.74) is 0. The molecule has 1 aliphatic heterocycles. The first kappa shape index (κ1) is 12.0. The van der Waals surface area contributed by atoms with Crippen molar-refractivity contribution in [2.24, 2.45) is 0 Å². The summed E-state index contributed by atoms with van der Waals surface area (Å²) in [5.74, 6) is 0. The molecule has 1 nitrogen and oxygen atoms in total. The van der Waals surface area contributed by atoms with E-state index in [0.717, 1.165) is 12.1 Å². The van der Waals surface area contributed by atoms with Gasteiger partial charge >= 0.3 is 0 Å². The van der Waals surface area contributed by atoms with Gasteiger partial charge in [-0.3, -0.25) is 0 Å². The number of nitrogens with zero attached hydrogens (tertiary/aromatic N) is 1. The first-order chi connectivity index (χ1) is 6.59. The van der Waals surface area contributed by atoms with E-state index in [1.807, 2.05) is 0 Å². The van der Waals surface area contributed by atoms with Gasteiger partial charge in [0.05, 0.1) is 25.2 Å². The molecule has 1 heterocycles. The Kier molecular flexibility index (Phi) is 4.43. The van der Waals surface area contributed by atoms with Gasteiger partial charge in [0.25, 0.3) is 0 Å². The average Bonchev–Trinajstić information content (AvgIpc) is 2.02. The van der Waals surface area contributed by atoms with Crippen LogP contribution in [0.3, 0.4) is 0 Å². The summed E-state index contributed by atoms with van der Waals surface area (Å²) >= 11 is 0. The Morgan fingerprint density at radius 2 is 1.00 bits per heavy atom. The van der Waals surface area contributed by atoms with Gasteiger partial charge in [-0.1, -0.05) is 6.42 Å². The summed E-state index contributed by atoms with van der Waals surface area (Å²) in [6, 6.07) is 1.60. The van der Waals surface area contributed by atoms with Crippen LogP contribution in [0.5, 0.6) is 0 Å². The Hall–Kier alpha value is -0.0400. The van der Waals surface area contributed by atoms with Crippen LogP contribution >= 0.6 is 0 Å². The lowest BCUT2D eigenvalue weighted by Crippen LogP contribution is -2.59. The lowest BCUT2D eigenvalue weighted by Gasteiger charge is -2.47. The largest absolute Gasteiger partial charge is 0.320 e. The molecule has 0 saturated carbocycles. The van der Waals surface area contributed by atoms with Gasteiger partial charge in [0.2, 0.25) is 0 Å². The Bertz CT molecular complexity index is 143. The van der Waals surface area contributed by atoms with Crippen LogP contribution in [-0.2, 0) is 0 Å². The van der Waals surface area contributed by atoms with Crippen LogP contribution in [0.1, 0.15) is 59.8 Å². The highest BCUT2D eigenvalue weighted by Crippen LogP contribution is 2.25. The number of likely N-dealkylation sites (tertiary alicyclic amines) is 1. The van der Waals surface area contributed by atoms with Gasteiger partial charge in [0, 0.05) is 0 Å². The second-order valence-corrected chi connectivity index (χ2v) is 5.51. The van der Waals surface area contributed by atoms with Gasteiger partial charge < -0.3 is 4.48 Å². The van der Waals surface area contributed by atoms with Crippen LogP contribution in [0.15, 0.2) is 0 Å². The normalized spacial score (nSPS) is 23.6. The highest BCUT2D eigenvalue weighted by atomic mass is 15.4. The highest BCUT2D eigenvalue weighted by Gasteiger charge is 2.34. The molecule has 0 spiro atoms. The lowest BCUT2D eigenvalue weighted by molar-refractivity contribution is -0.967. The van der Waals surface area contributed by atoms with E-state index in [4.69, 9.17) is 0 Å². The van der Waals surface area contributed by atoms with Crippen LogP contribution in [-0.4, -0.2) is 29.7 Å². The van der Waals surface area contributed by atoms with Crippen molar-refractivity contribution in [3.63, 3.8) is 0 Å². The minimum absolute atomic E-state index is 0.799. The summed E-state index contributed by atoms with van der Waals surface area (Å²) in [5, 5.41) is 0. The lowest BCUT2D eigenvalue weighted by atomic mass is 10.0. The molecule has 0 amide bonds. The molecule has 0 atom stereocenters.